The van der Waals surface area contributed by atoms with Crippen molar-refractivity contribution in [3.63, 3.8) is 0 Å². The third-order valence-corrected chi connectivity index (χ3v) is 2.20. The molecule has 0 unspecified atom stereocenters. The zero-order chi connectivity index (χ0) is 13.8. The Hall–Kier alpha value is -0.300. The van der Waals surface area contributed by atoms with Crippen LogP contribution >= 0.6 is 0 Å². The fourth-order valence-electron chi connectivity index (χ4n) is 1.21. The molecule has 0 bridgehead atoms. The zero-order valence-electron chi connectivity index (χ0n) is 12.8. The van der Waals surface area contributed by atoms with Crippen molar-refractivity contribution in [2.75, 3.05) is 6.61 Å². The van der Waals surface area contributed by atoms with E-state index in [1.54, 1.807) is 6.08 Å². The molecule has 0 saturated heterocycles. The Morgan fingerprint density at radius 2 is 1.06 bits per heavy atom. The molecule has 0 aliphatic heterocycles. The van der Waals surface area contributed by atoms with Gasteiger partial charge in [-0.2, -0.15) is 0 Å². The van der Waals surface area contributed by atoms with E-state index in [0.29, 0.717) is 0 Å². The number of allylic oxidation sites excluding steroid dienone is 1. The van der Waals surface area contributed by atoms with Gasteiger partial charge in [0.1, 0.15) is 0 Å². The second-order valence-electron chi connectivity index (χ2n) is 4.23. The molecule has 1 radical (unpaired) electrons. The van der Waals surface area contributed by atoms with Gasteiger partial charge in [0.15, 0.2) is 0 Å². The molecule has 0 aliphatic carbocycles. The van der Waals surface area contributed by atoms with Crippen LogP contribution in [0.1, 0.15) is 85.5 Å². The molecule has 0 rings (SSSR count). The number of hydrogen-bond acceptors (Lipinski definition) is 0. The van der Waals surface area contributed by atoms with Crippen LogP contribution in [0, 0.1) is 0 Å². The van der Waals surface area contributed by atoms with Crippen LogP contribution in [0.5, 0.6) is 0 Å². The Morgan fingerprint density at radius 1 is 0.765 bits per heavy atom. The van der Waals surface area contributed by atoms with Gasteiger partial charge in [-0.05, 0) is 13.3 Å². The Bertz CT molecular complexity index is 89.7. The average Bonchev–Trinajstić information content (AvgIpc) is 2.34. The lowest BCUT2D eigenvalue weighted by Gasteiger charge is -1.93. The highest BCUT2D eigenvalue weighted by Gasteiger charge is 1.83. The monoisotopic (exact) mass is 243 g/mol. The first-order valence-electron chi connectivity index (χ1n) is 7.40. The number of rotatable bonds is 8. The van der Waals surface area contributed by atoms with Crippen LogP contribution in [-0.4, -0.2) is 6.61 Å². The predicted molar refractivity (Wildman–Crippen MR) is 80.0 cm³/mol. The Kier molecular flexibility index (Phi) is 38.2. The van der Waals surface area contributed by atoms with Crippen molar-refractivity contribution in [2.24, 2.45) is 0 Å². The minimum Gasteiger partial charge on any atom is -0.237 e. The van der Waals surface area contributed by atoms with E-state index in [1.165, 1.54) is 38.5 Å². The van der Waals surface area contributed by atoms with E-state index in [9.17, 15) is 5.11 Å². The molecule has 17 heavy (non-hydrogen) atoms. The molecule has 0 amide bonds. The lowest BCUT2D eigenvalue weighted by atomic mass is 10.1. The van der Waals surface area contributed by atoms with E-state index in [-0.39, 0.29) is 6.61 Å². The zero-order valence-corrected chi connectivity index (χ0v) is 12.8. The van der Waals surface area contributed by atoms with Gasteiger partial charge in [0.05, 0.1) is 6.61 Å². The van der Waals surface area contributed by atoms with Crippen LogP contribution in [0.25, 0.3) is 0 Å². The normalized spacial score (nSPS) is 8.53. The van der Waals surface area contributed by atoms with Crippen LogP contribution in [0.15, 0.2) is 12.7 Å². The Labute approximate surface area is 110 Å². The van der Waals surface area contributed by atoms with Crippen LogP contribution in [0.4, 0.5) is 0 Å². The molecule has 0 aromatic heterocycles. The molecule has 0 aromatic rings. The molecule has 1 heteroatoms. The molecule has 0 atom stereocenters. The molecule has 0 N–H and O–H groups in total. The summed E-state index contributed by atoms with van der Waals surface area (Å²) in [5.74, 6) is 0. The molecular formula is C16H35O. The number of unbranched alkanes of at least 4 members (excludes halogenated alkanes) is 7. The van der Waals surface area contributed by atoms with Gasteiger partial charge in [-0.25, -0.2) is 5.11 Å². The van der Waals surface area contributed by atoms with Gasteiger partial charge in [0, 0.05) is 0 Å². The summed E-state index contributed by atoms with van der Waals surface area (Å²) in [5.41, 5.74) is 0. The van der Waals surface area contributed by atoms with Crippen molar-refractivity contribution in [3.05, 3.63) is 12.7 Å². The fraction of sp³-hybridized carbons (Fsp3) is 0.875. The van der Waals surface area contributed by atoms with Gasteiger partial charge in [0.2, 0.25) is 0 Å². The van der Waals surface area contributed by atoms with E-state index in [2.05, 4.69) is 27.4 Å². The molecule has 0 aromatic carbocycles. The van der Waals surface area contributed by atoms with Gasteiger partial charge in [-0.15, -0.1) is 6.58 Å². The molecule has 0 aliphatic rings. The first-order chi connectivity index (χ1) is 8.24. The first-order valence-corrected chi connectivity index (χ1v) is 7.40. The Balaban J connectivity index is -0.000000193. The van der Waals surface area contributed by atoms with Crippen LogP contribution in [-0.2, 0) is 5.11 Å². The van der Waals surface area contributed by atoms with Crippen LogP contribution in [0.2, 0.25) is 0 Å². The highest BCUT2D eigenvalue weighted by molar-refractivity contribution is 4.51. The summed E-state index contributed by atoms with van der Waals surface area (Å²) < 4.78 is 0. The van der Waals surface area contributed by atoms with E-state index in [4.69, 9.17) is 0 Å². The lowest BCUT2D eigenvalue weighted by Crippen LogP contribution is -1.76. The quantitative estimate of drug-likeness (QED) is 0.359. The van der Waals surface area contributed by atoms with Crippen LogP contribution < -0.4 is 0 Å². The molecule has 1 nitrogen and oxygen atoms in total. The summed E-state index contributed by atoms with van der Waals surface area (Å²) in [4.78, 5) is 0. The molecule has 0 heterocycles. The second kappa shape index (κ2) is 29.6. The standard InChI is InChI=1S/C8H18.C5H11O.C3H6/c1-3-5-7-8-6-4-2;1-2-3-4-5-6;1-3-2/h3-8H2,1-2H3;2-5H2,1H3;3H,1H2,2H3. The smallest absolute Gasteiger partial charge is 0.0822 e. The van der Waals surface area contributed by atoms with Gasteiger partial charge in [-0.1, -0.05) is 78.2 Å². The van der Waals surface area contributed by atoms with Gasteiger partial charge in [-0.3, -0.25) is 0 Å². The van der Waals surface area contributed by atoms with Crippen molar-refractivity contribution in [2.45, 2.75) is 85.5 Å². The van der Waals surface area contributed by atoms with Crippen molar-refractivity contribution in [1.82, 2.24) is 0 Å². The summed E-state index contributed by atoms with van der Waals surface area (Å²) in [6, 6.07) is 0. The maximum absolute atomic E-state index is 9.69. The van der Waals surface area contributed by atoms with Crippen molar-refractivity contribution in [3.8, 4) is 0 Å². The highest BCUT2D eigenvalue weighted by atomic mass is 16.2. The van der Waals surface area contributed by atoms with E-state index < -0.39 is 0 Å². The van der Waals surface area contributed by atoms with E-state index >= 15 is 0 Å². The molecule has 0 spiro atoms. The third-order valence-electron chi connectivity index (χ3n) is 2.20. The maximum atomic E-state index is 9.69. The van der Waals surface area contributed by atoms with Gasteiger partial charge >= 0.3 is 0 Å². The minimum absolute atomic E-state index is 0.105. The molecular weight excluding hydrogens is 208 g/mol. The third kappa shape index (κ3) is 49.7. The Morgan fingerprint density at radius 3 is 1.24 bits per heavy atom. The molecule has 0 fully saturated rings. The van der Waals surface area contributed by atoms with Gasteiger partial charge < -0.3 is 0 Å². The largest absolute Gasteiger partial charge is 0.237 e. The van der Waals surface area contributed by atoms with Gasteiger partial charge in [0.25, 0.3) is 0 Å². The van der Waals surface area contributed by atoms with Crippen LogP contribution in [0.3, 0.4) is 0 Å². The van der Waals surface area contributed by atoms with Crippen molar-refractivity contribution in [1.29, 1.82) is 0 Å². The first kappa shape index (κ1) is 21.9. The van der Waals surface area contributed by atoms with Crippen molar-refractivity contribution >= 4 is 0 Å². The fourth-order valence-corrected chi connectivity index (χ4v) is 1.21. The molecule has 0 saturated carbocycles. The summed E-state index contributed by atoms with van der Waals surface area (Å²) in [7, 11) is 0. The van der Waals surface area contributed by atoms with Crippen molar-refractivity contribution < 1.29 is 5.11 Å². The SMILES string of the molecule is C=CC.CCCCCCCC.CCCCC[O]. The summed E-state index contributed by atoms with van der Waals surface area (Å²) in [6.45, 7) is 12.0. The topological polar surface area (TPSA) is 19.9 Å². The maximum Gasteiger partial charge on any atom is 0.0822 e. The summed E-state index contributed by atoms with van der Waals surface area (Å²) in [6.07, 6.45) is 13.4. The average molecular weight is 243 g/mol. The summed E-state index contributed by atoms with van der Waals surface area (Å²) in [5, 5.41) is 9.69. The lowest BCUT2D eigenvalue weighted by molar-refractivity contribution is 0.186. The van der Waals surface area contributed by atoms with E-state index in [0.717, 1.165) is 19.3 Å². The predicted octanol–water partition coefficient (Wildman–Crippen LogP) is 6.17. The second-order valence-corrected chi connectivity index (χ2v) is 4.23. The number of hydrogen-bond donors (Lipinski definition) is 0. The highest BCUT2D eigenvalue weighted by Crippen LogP contribution is 2.03. The molecule has 105 valence electrons. The minimum atomic E-state index is 0.105. The summed E-state index contributed by atoms with van der Waals surface area (Å²) >= 11 is 0. The van der Waals surface area contributed by atoms with E-state index in [1.807, 2.05) is 6.92 Å².